The SMILES string of the molecule is CCC1(O)CN(C2c3ccccc3-c3ccccc32)C1. The van der Waals surface area contributed by atoms with Crippen LogP contribution in [0, 0.1) is 0 Å². The lowest BCUT2D eigenvalue weighted by atomic mass is 9.87. The van der Waals surface area contributed by atoms with Crippen LogP contribution in [0.25, 0.3) is 11.1 Å². The van der Waals surface area contributed by atoms with Crippen LogP contribution in [0.4, 0.5) is 0 Å². The Labute approximate surface area is 119 Å². The molecule has 1 saturated heterocycles. The molecule has 2 aromatic carbocycles. The van der Waals surface area contributed by atoms with Gasteiger partial charge in [-0.25, -0.2) is 0 Å². The average molecular weight is 265 g/mol. The first-order valence-electron chi connectivity index (χ1n) is 7.36. The highest BCUT2D eigenvalue weighted by Crippen LogP contribution is 2.48. The summed E-state index contributed by atoms with van der Waals surface area (Å²) in [5.74, 6) is 0. The Morgan fingerprint density at radius 1 is 1.00 bits per heavy atom. The van der Waals surface area contributed by atoms with Crippen molar-refractivity contribution in [3.8, 4) is 11.1 Å². The van der Waals surface area contributed by atoms with Crippen molar-refractivity contribution in [1.29, 1.82) is 0 Å². The predicted molar refractivity (Wildman–Crippen MR) is 80.5 cm³/mol. The maximum Gasteiger partial charge on any atom is 0.0898 e. The number of hydrogen-bond donors (Lipinski definition) is 1. The second kappa shape index (κ2) is 4.18. The summed E-state index contributed by atoms with van der Waals surface area (Å²) >= 11 is 0. The summed E-state index contributed by atoms with van der Waals surface area (Å²) in [4.78, 5) is 2.40. The van der Waals surface area contributed by atoms with E-state index in [1.807, 2.05) is 0 Å². The van der Waals surface area contributed by atoms with E-state index in [1.54, 1.807) is 0 Å². The molecule has 0 unspecified atom stereocenters. The first-order valence-corrected chi connectivity index (χ1v) is 7.36. The molecular weight excluding hydrogens is 246 g/mol. The summed E-state index contributed by atoms with van der Waals surface area (Å²) in [6.07, 6.45) is 0.833. The largest absolute Gasteiger partial charge is 0.387 e. The molecule has 1 fully saturated rings. The lowest BCUT2D eigenvalue weighted by molar-refractivity contribution is -0.111. The smallest absolute Gasteiger partial charge is 0.0898 e. The third kappa shape index (κ3) is 1.58. The molecule has 2 aromatic rings. The fraction of sp³-hybridized carbons (Fsp3) is 0.333. The number of likely N-dealkylation sites (tertiary alicyclic amines) is 1. The fourth-order valence-corrected chi connectivity index (χ4v) is 3.64. The van der Waals surface area contributed by atoms with Gasteiger partial charge >= 0.3 is 0 Å². The molecule has 1 aliphatic heterocycles. The van der Waals surface area contributed by atoms with Crippen LogP contribution in [-0.2, 0) is 0 Å². The topological polar surface area (TPSA) is 23.5 Å². The molecule has 0 aromatic heterocycles. The molecule has 2 aliphatic rings. The Morgan fingerprint density at radius 2 is 1.50 bits per heavy atom. The van der Waals surface area contributed by atoms with Crippen LogP contribution in [0.2, 0.25) is 0 Å². The normalized spacial score (nSPS) is 20.3. The van der Waals surface area contributed by atoms with Crippen LogP contribution in [0.15, 0.2) is 48.5 Å². The molecule has 0 amide bonds. The summed E-state index contributed by atoms with van der Waals surface area (Å²) < 4.78 is 0. The lowest BCUT2D eigenvalue weighted by Crippen LogP contribution is -2.62. The molecule has 4 rings (SSSR count). The van der Waals surface area contributed by atoms with Gasteiger partial charge in [0.1, 0.15) is 0 Å². The van der Waals surface area contributed by atoms with Crippen molar-refractivity contribution in [1.82, 2.24) is 4.90 Å². The van der Waals surface area contributed by atoms with E-state index in [1.165, 1.54) is 22.3 Å². The third-order valence-corrected chi connectivity index (χ3v) is 4.82. The molecule has 20 heavy (non-hydrogen) atoms. The highest BCUT2D eigenvalue weighted by molar-refractivity contribution is 5.78. The van der Waals surface area contributed by atoms with E-state index in [2.05, 4.69) is 60.4 Å². The van der Waals surface area contributed by atoms with Crippen molar-refractivity contribution in [2.45, 2.75) is 25.0 Å². The van der Waals surface area contributed by atoms with Crippen LogP contribution in [-0.4, -0.2) is 28.7 Å². The Balaban J connectivity index is 1.77. The number of fused-ring (bicyclic) bond motifs is 3. The van der Waals surface area contributed by atoms with Crippen molar-refractivity contribution >= 4 is 0 Å². The monoisotopic (exact) mass is 265 g/mol. The minimum absolute atomic E-state index is 0.314. The molecule has 1 heterocycles. The fourth-order valence-electron chi connectivity index (χ4n) is 3.64. The highest BCUT2D eigenvalue weighted by atomic mass is 16.3. The van der Waals surface area contributed by atoms with Gasteiger partial charge in [-0.05, 0) is 28.7 Å². The molecule has 1 aliphatic carbocycles. The molecule has 0 radical (unpaired) electrons. The maximum absolute atomic E-state index is 10.3. The van der Waals surface area contributed by atoms with Crippen LogP contribution < -0.4 is 0 Å². The average Bonchev–Trinajstić information content (AvgIpc) is 2.78. The van der Waals surface area contributed by atoms with Gasteiger partial charge in [-0.3, -0.25) is 4.90 Å². The summed E-state index contributed by atoms with van der Waals surface area (Å²) in [5.41, 5.74) is 4.98. The van der Waals surface area contributed by atoms with Crippen molar-refractivity contribution < 1.29 is 5.11 Å². The van der Waals surface area contributed by atoms with Crippen molar-refractivity contribution in [3.05, 3.63) is 59.7 Å². The first-order chi connectivity index (χ1) is 9.72. The number of nitrogens with zero attached hydrogens (tertiary/aromatic N) is 1. The number of rotatable bonds is 2. The number of β-amino-alcohol motifs (C(OH)–C–C–N with tert-alkyl or cyclic N) is 1. The van der Waals surface area contributed by atoms with Gasteiger partial charge in [0.15, 0.2) is 0 Å². The summed E-state index contributed by atoms with van der Waals surface area (Å²) in [6, 6.07) is 17.6. The van der Waals surface area contributed by atoms with Crippen LogP contribution in [0.5, 0.6) is 0 Å². The molecule has 0 saturated carbocycles. The zero-order valence-corrected chi connectivity index (χ0v) is 11.7. The molecule has 0 spiro atoms. The summed E-state index contributed by atoms with van der Waals surface area (Å²) in [7, 11) is 0. The Hall–Kier alpha value is -1.64. The van der Waals surface area contributed by atoms with Gasteiger partial charge in [-0.1, -0.05) is 55.5 Å². The number of hydrogen-bond acceptors (Lipinski definition) is 2. The molecule has 0 atom stereocenters. The highest BCUT2D eigenvalue weighted by Gasteiger charge is 2.45. The summed E-state index contributed by atoms with van der Waals surface area (Å²) in [5, 5.41) is 10.3. The van der Waals surface area contributed by atoms with Crippen LogP contribution in [0.3, 0.4) is 0 Å². The standard InChI is InChI=1S/C18H19NO/c1-2-18(20)11-19(12-18)17-15-9-5-3-7-13(15)14-8-4-6-10-16(14)17/h3-10,17,20H,2,11-12H2,1H3. The van der Waals surface area contributed by atoms with Crippen molar-refractivity contribution in [2.24, 2.45) is 0 Å². The van der Waals surface area contributed by atoms with E-state index >= 15 is 0 Å². The van der Waals surface area contributed by atoms with E-state index in [-0.39, 0.29) is 0 Å². The Morgan fingerprint density at radius 3 is 2.00 bits per heavy atom. The molecular formula is C18H19NO. The second-order valence-electron chi connectivity index (χ2n) is 6.06. The zero-order chi connectivity index (χ0) is 13.7. The summed E-state index contributed by atoms with van der Waals surface area (Å²) in [6.45, 7) is 3.61. The van der Waals surface area contributed by atoms with E-state index in [4.69, 9.17) is 0 Å². The zero-order valence-electron chi connectivity index (χ0n) is 11.7. The van der Waals surface area contributed by atoms with E-state index < -0.39 is 5.60 Å². The lowest BCUT2D eigenvalue weighted by Gasteiger charge is -2.49. The van der Waals surface area contributed by atoms with Gasteiger partial charge in [-0.15, -0.1) is 0 Å². The quantitative estimate of drug-likeness (QED) is 0.901. The second-order valence-corrected chi connectivity index (χ2v) is 6.06. The van der Waals surface area contributed by atoms with Gasteiger partial charge < -0.3 is 5.11 Å². The number of aliphatic hydroxyl groups is 1. The van der Waals surface area contributed by atoms with Gasteiger partial charge in [0.2, 0.25) is 0 Å². The van der Waals surface area contributed by atoms with Gasteiger partial charge in [0.05, 0.1) is 11.6 Å². The molecule has 2 nitrogen and oxygen atoms in total. The van der Waals surface area contributed by atoms with Crippen molar-refractivity contribution in [3.63, 3.8) is 0 Å². The van der Waals surface area contributed by atoms with E-state index in [9.17, 15) is 5.11 Å². The molecule has 0 bridgehead atoms. The molecule has 2 heteroatoms. The van der Waals surface area contributed by atoms with Gasteiger partial charge in [0.25, 0.3) is 0 Å². The minimum atomic E-state index is -0.480. The van der Waals surface area contributed by atoms with Crippen LogP contribution in [0.1, 0.15) is 30.5 Å². The molecule has 1 N–H and O–H groups in total. The predicted octanol–water partition coefficient (Wildman–Crippen LogP) is 3.21. The van der Waals surface area contributed by atoms with E-state index in [0.29, 0.717) is 6.04 Å². The molecule has 102 valence electrons. The number of benzene rings is 2. The van der Waals surface area contributed by atoms with E-state index in [0.717, 1.165) is 19.5 Å². The Kier molecular flexibility index (Phi) is 2.53. The Bertz CT molecular complexity index is 612. The van der Waals surface area contributed by atoms with Crippen molar-refractivity contribution in [2.75, 3.05) is 13.1 Å². The van der Waals surface area contributed by atoms with Gasteiger partial charge in [0, 0.05) is 13.1 Å². The van der Waals surface area contributed by atoms with Crippen LogP contribution >= 0.6 is 0 Å². The first kappa shape index (κ1) is 12.1. The third-order valence-electron chi connectivity index (χ3n) is 4.82. The minimum Gasteiger partial charge on any atom is -0.387 e. The maximum atomic E-state index is 10.3. The van der Waals surface area contributed by atoms with Gasteiger partial charge in [-0.2, -0.15) is 0 Å².